The number of carbonyl (C=O) groups is 3. The Bertz CT molecular complexity index is 1930. The number of fused-ring (bicyclic) bond motifs is 2. The topological polar surface area (TPSA) is 90.4 Å². The summed E-state index contributed by atoms with van der Waals surface area (Å²) in [7, 11) is 0. The molecule has 2 bridgehead atoms. The predicted octanol–water partition coefficient (Wildman–Crippen LogP) is 6.07. The fourth-order valence-corrected chi connectivity index (χ4v) is 8.72. The number of likely N-dealkylation sites (tertiary alicyclic amines) is 1. The van der Waals surface area contributed by atoms with Gasteiger partial charge in [0.1, 0.15) is 11.6 Å². The Morgan fingerprint density at radius 2 is 1.56 bits per heavy atom. The van der Waals surface area contributed by atoms with Gasteiger partial charge in [0.25, 0.3) is 5.91 Å². The molecule has 0 radical (unpaired) electrons. The zero-order valence-electron chi connectivity index (χ0n) is 28.4. The standard InChI is InChI=1S/C42H43N3O5/c1-4-24-43(27-29-14-8-6-9-15-29)38(47)35-36-39(48)45(34(28-46)31-17-10-7-11-18-31)37(42(36)23-22-41(35,3)50-42)40(49)44(25-5-2)33-21-20-30-16-12-13-19-32(30)26-33/h4-21,26,34-37,46H,1-2,22-25,27-28H2,3H3/t34-,35-,36+,37?,41+,42?/m1/s1. The van der Waals surface area contributed by atoms with Crippen molar-refractivity contribution in [2.45, 2.75) is 49.6 Å². The average Bonchev–Trinajstić information content (AvgIpc) is 3.71. The molecule has 2 unspecified atom stereocenters. The van der Waals surface area contributed by atoms with Crippen molar-refractivity contribution in [2.75, 3.05) is 24.6 Å². The molecule has 3 saturated heterocycles. The maximum absolute atomic E-state index is 15.3. The Morgan fingerprint density at radius 1 is 0.900 bits per heavy atom. The second-order valence-electron chi connectivity index (χ2n) is 13.8. The van der Waals surface area contributed by atoms with Crippen LogP contribution < -0.4 is 4.90 Å². The quantitative estimate of drug-likeness (QED) is 0.185. The van der Waals surface area contributed by atoms with Crippen LogP contribution in [0.4, 0.5) is 5.69 Å². The van der Waals surface area contributed by atoms with Crippen molar-refractivity contribution in [1.29, 1.82) is 0 Å². The highest BCUT2D eigenvalue weighted by molar-refractivity contribution is 6.06. The predicted molar refractivity (Wildman–Crippen MR) is 194 cm³/mol. The van der Waals surface area contributed by atoms with Crippen molar-refractivity contribution in [3.63, 3.8) is 0 Å². The fraction of sp³-hybridized carbons (Fsp3) is 0.310. The van der Waals surface area contributed by atoms with Gasteiger partial charge < -0.3 is 24.5 Å². The molecule has 3 aliphatic heterocycles. The largest absolute Gasteiger partial charge is 0.394 e. The maximum atomic E-state index is 15.3. The summed E-state index contributed by atoms with van der Waals surface area (Å²) in [5.41, 5.74) is 0.0612. The van der Waals surface area contributed by atoms with Crippen molar-refractivity contribution >= 4 is 34.2 Å². The summed E-state index contributed by atoms with van der Waals surface area (Å²) in [6.07, 6.45) is 4.28. The first-order chi connectivity index (χ1) is 24.3. The van der Waals surface area contributed by atoms with Gasteiger partial charge in [0.15, 0.2) is 0 Å². The van der Waals surface area contributed by atoms with Crippen LogP contribution in [0, 0.1) is 11.8 Å². The lowest BCUT2D eigenvalue weighted by atomic mass is 9.66. The van der Waals surface area contributed by atoms with Gasteiger partial charge in [0.2, 0.25) is 11.8 Å². The van der Waals surface area contributed by atoms with Crippen LogP contribution in [0.5, 0.6) is 0 Å². The molecule has 0 saturated carbocycles. The molecule has 3 aliphatic rings. The lowest BCUT2D eigenvalue weighted by molar-refractivity contribution is -0.152. The highest BCUT2D eigenvalue weighted by Gasteiger charge is 2.79. The molecule has 3 fully saturated rings. The van der Waals surface area contributed by atoms with Crippen LogP contribution in [-0.4, -0.2) is 69.6 Å². The molecule has 50 heavy (non-hydrogen) atoms. The van der Waals surface area contributed by atoms with Crippen LogP contribution in [0.25, 0.3) is 10.8 Å². The molecule has 8 nitrogen and oxygen atoms in total. The van der Waals surface area contributed by atoms with E-state index in [4.69, 9.17) is 4.74 Å². The van der Waals surface area contributed by atoms with Crippen molar-refractivity contribution in [2.24, 2.45) is 11.8 Å². The third-order valence-electron chi connectivity index (χ3n) is 10.9. The third kappa shape index (κ3) is 5.43. The van der Waals surface area contributed by atoms with E-state index in [0.29, 0.717) is 37.2 Å². The van der Waals surface area contributed by atoms with Gasteiger partial charge in [-0.25, -0.2) is 0 Å². The van der Waals surface area contributed by atoms with Gasteiger partial charge in [0.05, 0.1) is 30.1 Å². The van der Waals surface area contributed by atoms with E-state index in [0.717, 1.165) is 16.3 Å². The molecule has 4 aromatic carbocycles. The molecule has 8 heteroatoms. The van der Waals surface area contributed by atoms with Crippen molar-refractivity contribution in [1.82, 2.24) is 9.80 Å². The molecule has 3 heterocycles. The van der Waals surface area contributed by atoms with E-state index in [-0.39, 0.29) is 24.3 Å². The van der Waals surface area contributed by atoms with E-state index in [9.17, 15) is 9.90 Å². The molecule has 4 aromatic rings. The van der Waals surface area contributed by atoms with Gasteiger partial charge in [-0.3, -0.25) is 14.4 Å². The van der Waals surface area contributed by atoms with Crippen LogP contribution in [0.15, 0.2) is 128 Å². The number of aliphatic hydroxyl groups excluding tert-OH is 1. The third-order valence-corrected chi connectivity index (χ3v) is 10.9. The molecular formula is C42H43N3O5. The number of ether oxygens (including phenoxy) is 1. The van der Waals surface area contributed by atoms with Crippen LogP contribution in [0.1, 0.15) is 36.9 Å². The Kier molecular flexibility index (Phi) is 8.93. The van der Waals surface area contributed by atoms with Crippen LogP contribution in [-0.2, 0) is 25.7 Å². The summed E-state index contributed by atoms with van der Waals surface area (Å²) in [6, 6.07) is 30.8. The Hall–Kier alpha value is -5.05. The number of hydrogen-bond acceptors (Lipinski definition) is 5. The van der Waals surface area contributed by atoms with Gasteiger partial charge in [-0.15, -0.1) is 13.2 Å². The molecule has 0 aliphatic carbocycles. The van der Waals surface area contributed by atoms with Crippen LogP contribution >= 0.6 is 0 Å². The highest BCUT2D eigenvalue weighted by Crippen LogP contribution is 2.64. The monoisotopic (exact) mass is 669 g/mol. The highest BCUT2D eigenvalue weighted by atomic mass is 16.5. The lowest BCUT2D eigenvalue weighted by Crippen LogP contribution is -2.57. The normalized spacial score (nSPS) is 25.7. The average molecular weight is 670 g/mol. The van der Waals surface area contributed by atoms with Gasteiger partial charge in [0, 0.05) is 25.3 Å². The van der Waals surface area contributed by atoms with Crippen molar-refractivity contribution in [3.05, 3.63) is 140 Å². The summed E-state index contributed by atoms with van der Waals surface area (Å²) in [5.74, 6) is -2.66. The van der Waals surface area contributed by atoms with E-state index in [1.54, 1.807) is 22.0 Å². The maximum Gasteiger partial charge on any atom is 0.253 e. The molecule has 1 N–H and O–H groups in total. The first kappa shape index (κ1) is 33.4. The first-order valence-corrected chi connectivity index (χ1v) is 17.3. The zero-order chi connectivity index (χ0) is 35.0. The first-order valence-electron chi connectivity index (χ1n) is 17.3. The minimum atomic E-state index is -1.28. The number of anilines is 1. The van der Waals surface area contributed by atoms with Gasteiger partial charge in [-0.1, -0.05) is 103 Å². The summed E-state index contributed by atoms with van der Waals surface area (Å²) < 4.78 is 6.99. The summed E-state index contributed by atoms with van der Waals surface area (Å²) in [5, 5.41) is 13.0. The van der Waals surface area contributed by atoms with Crippen molar-refractivity contribution < 1.29 is 24.2 Å². The Balaban J connectivity index is 1.35. The minimum Gasteiger partial charge on any atom is -0.394 e. The van der Waals surface area contributed by atoms with E-state index >= 15 is 9.59 Å². The number of amides is 3. The Labute approximate surface area is 293 Å². The zero-order valence-corrected chi connectivity index (χ0v) is 28.4. The SMILES string of the molecule is C=CCN(Cc1ccccc1)C(=O)[C@H]1[C@H]2C(=O)N([C@H](CO)c3ccccc3)C(C(=O)N(CC=C)c3ccc4ccccc4c3)C23CC[C@]1(C)O3. The molecule has 0 aromatic heterocycles. The number of hydrogen-bond donors (Lipinski definition) is 1. The minimum absolute atomic E-state index is 0.190. The molecule has 6 atom stereocenters. The molecule has 1 spiro atoms. The van der Waals surface area contributed by atoms with Gasteiger partial charge >= 0.3 is 0 Å². The van der Waals surface area contributed by atoms with E-state index < -0.39 is 41.7 Å². The summed E-state index contributed by atoms with van der Waals surface area (Å²) in [4.78, 5) is 50.0. The lowest BCUT2D eigenvalue weighted by Gasteiger charge is -2.39. The molecule has 7 rings (SSSR count). The van der Waals surface area contributed by atoms with Gasteiger partial charge in [-0.05, 0) is 53.8 Å². The second kappa shape index (κ2) is 13.3. The Morgan fingerprint density at radius 3 is 2.24 bits per heavy atom. The fourth-order valence-electron chi connectivity index (χ4n) is 8.72. The number of nitrogens with zero attached hydrogens (tertiary/aromatic N) is 3. The van der Waals surface area contributed by atoms with E-state index in [1.807, 2.05) is 110 Å². The molecule has 256 valence electrons. The van der Waals surface area contributed by atoms with Crippen LogP contribution in [0.2, 0.25) is 0 Å². The number of benzene rings is 4. The van der Waals surface area contributed by atoms with Crippen LogP contribution in [0.3, 0.4) is 0 Å². The van der Waals surface area contributed by atoms with E-state index in [2.05, 4.69) is 13.2 Å². The molecule has 3 amide bonds. The van der Waals surface area contributed by atoms with Crippen molar-refractivity contribution in [3.8, 4) is 0 Å². The number of rotatable bonds is 12. The van der Waals surface area contributed by atoms with Gasteiger partial charge in [-0.2, -0.15) is 0 Å². The summed E-state index contributed by atoms with van der Waals surface area (Å²) in [6.45, 7) is 10.2. The van der Waals surface area contributed by atoms with E-state index in [1.165, 1.54) is 4.90 Å². The number of aliphatic hydroxyl groups is 1. The summed E-state index contributed by atoms with van der Waals surface area (Å²) >= 11 is 0. The molecular weight excluding hydrogens is 626 g/mol. The smallest absolute Gasteiger partial charge is 0.253 e. The number of carbonyl (C=O) groups excluding carboxylic acids is 3. The second-order valence-corrected chi connectivity index (χ2v) is 13.8.